The molecule has 26 heavy (non-hydrogen) atoms. The lowest BCUT2D eigenvalue weighted by Gasteiger charge is -2.35. The number of fused-ring (bicyclic) bond motifs is 1. The van der Waals surface area contributed by atoms with Gasteiger partial charge in [-0.05, 0) is 49.7 Å². The molecule has 4 nitrogen and oxygen atoms in total. The maximum Gasteiger partial charge on any atom is 0.124 e. The second kappa shape index (κ2) is 9.36. The van der Waals surface area contributed by atoms with Crippen molar-refractivity contribution in [3.63, 3.8) is 0 Å². The SMILES string of the molecule is CCC(C)Oc1ccc2ccccc2c1CN1CCN(CCCN)CC1. The highest BCUT2D eigenvalue weighted by Crippen LogP contribution is 2.30. The highest BCUT2D eigenvalue weighted by molar-refractivity contribution is 5.87. The van der Waals surface area contributed by atoms with Gasteiger partial charge in [-0.3, -0.25) is 4.90 Å². The third kappa shape index (κ3) is 4.76. The van der Waals surface area contributed by atoms with Gasteiger partial charge in [0.25, 0.3) is 0 Å². The van der Waals surface area contributed by atoms with Gasteiger partial charge < -0.3 is 15.4 Å². The van der Waals surface area contributed by atoms with E-state index in [2.05, 4.69) is 60.0 Å². The van der Waals surface area contributed by atoms with Crippen molar-refractivity contribution in [2.45, 2.75) is 39.3 Å². The van der Waals surface area contributed by atoms with E-state index in [0.29, 0.717) is 0 Å². The molecule has 0 amide bonds. The molecule has 1 heterocycles. The van der Waals surface area contributed by atoms with Crippen LogP contribution in [-0.4, -0.2) is 55.2 Å². The molecule has 1 unspecified atom stereocenters. The molecule has 0 aliphatic carbocycles. The van der Waals surface area contributed by atoms with Crippen LogP contribution in [0.5, 0.6) is 5.75 Å². The molecule has 0 spiro atoms. The Morgan fingerprint density at radius 1 is 1.04 bits per heavy atom. The summed E-state index contributed by atoms with van der Waals surface area (Å²) in [6.07, 6.45) is 2.35. The van der Waals surface area contributed by atoms with Gasteiger partial charge in [0.05, 0.1) is 6.10 Å². The molecular formula is C22H33N3O. The van der Waals surface area contributed by atoms with Crippen LogP contribution in [0, 0.1) is 0 Å². The fourth-order valence-corrected chi connectivity index (χ4v) is 3.60. The van der Waals surface area contributed by atoms with Crippen LogP contribution < -0.4 is 10.5 Å². The van der Waals surface area contributed by atoms with Crippen LogP contribution >= 0.6 is 0 Å². The number of hydrogen-bond acceptors (Lipinski definition) is 4. The van der Waals surface area contributed by atoms with Gasteiger partial charge in [0.15, 0.2) is 0 Å². The summed E-state index contributed by atoms with van der Waals surface area (Å²) in [6.45, 7) is 11.7. The molecule has 142 valence electrons. The zero-order chi connectivity index (χ0) is 18.4. The normalized spacial score (nSPS) is 17.5. The highest BCUT2D eigenvalue weighted by Gasteiger charge is 2.19. The largest absolute Gasteiger partial charge is 0.490 e. The highest BCUT2D eigenvalue weighted by atomic mass is 16.5. The topological polar surface area (TPSA) is 41.7 Å². The predicted octanol–water partition coefficient (Wildman–Crippen LogP) is 3.48. The summed E-state index contributed by atoms with van der Waals surface area (Å²) < 4.78 is 6.27. The number of rotatable bonds is 8. The van der Waals surface area contributed by atoms with Crippen molar-refractivity contribution < 1.29 is 4.74 Å². The molecule has 4 heteroatoms. The van der Waals surface area contributed by atoms with Gasteiger partial charge >= 0.3 is 0 Å². The van der Waals surface area contributed by atoms with Crippen LogP contribution in [-0.2, 0) is 6.54 Å². The Balaban J connectivity index is 1.76. The van der Waals surface area contributed by atoms with E-state index in [9.17, 15) is 0 Å². The Bertz CT molecular complexity index is 695. The van der Waals surface area contributed by atoms with E-state index in [-0.39, 0.29) is 6.10 Å². The van der Waals surface area contributed by atoms with Gasteiger partial charge in [0.1, 0.15) is 5.75 Å². The van der Waals surface area contributed by atoms with Crippen LogP contribution in [0.15, 0.2) is 36.4 Å². The van der Waals surface area contributed by atoms with Gasteiger partial charge in [-0.25, -0.2) is 0 Å². The van der Waals surface area contributed by atoms with Crippen molar-refractivity contribution in [3.8, 4) is 5.75 Å². The first-order chi connectivity index (χ1) is 12.7. The second-order valence-electron chi connectivity index (χ2n) is 7.36. The Morgan fingerprint density at radius 2 is 1.77 bits per heavy atom. The number of benzene rings is 2. The summed E-state index contributed by atoms with van der Waals surface area (Å²) in [7, 11) is 0. The van der Waals surface area contributed by atoms with Crippen molar-refractivity contribution in [1.29, 1.82) is 0 Å². The van der Waals surface area contributed by atoms with Gasteiger partial charge in [0.2, 0.25) is 0 Å². The van der Waals surface area contributed by atoms with Crippen molar-refractivity contribution in [1.82, 2.24) is 9.80 Å². The van der Waals surface area contributed by atoms with E-state index in [1.807, 2.05) is 0 Å². The molecule has 1 aliphatic rings. The summed E-state index contributed by atoms with van der Waals surface area (Å²) in [5.41, 5.74) is 6.98. The minimum Gasteiger partial charge on any atom is -0.490 e. The van der Waals surface area contributed by atoms with Crippen LogP contribution in [0.25, 0.3) is 10.8 Å². The molecule has 1 saturated heterocycles. The molecule has 3 rings (SSSR count). The lowest BCUT2D eigenvalue weighted by Crippen LogP contribution is -2.46. The number of nitrogens with two attached hydrogens (primary N) is 1. The Hall–Kier alpha value is -1.62. The van der Waals surface area contributed by atoms with Crippen molar-refractivity contribution in [2.24, 2.45) is 5.73 Å². The van der Waals surface area contributed by atoms with Crippen LogP contribution in [0.1, 0.15) is 32.3 Å². The third-order valence-corrected chi connectivity index (χ3v) is 5.43. The molecule has 0 aromatic heterocycles. The van der Waals surface area contributed by atoms with Crippen LogP contribution in [0.2, 0.25) is 0 Å². The van der Waals surface area contributed by atoms with E-state index < -0.39 is 0 Å². The van der Waals surface area contributed by atoms with Gasteiger partial charge in [-0.2, -0.15) is 0 Å². The second-order valence-corrected chi connectivity index (χ2v) is 7.36. The van der Waals surface area contributed by atoms with E-state index in [1.54, 1.807) is 0 Å². The van der Waals surface area contributed by atoms with Gasteiger partial charge in [0, 0.05) is 38.3 Å². The van der Waals surface area contributed by atoms with Crippen molar-refractivity contribution >= 4 is 10.8 Å². The average Bonchev–Trinajstić information content (AvgIpc) is 2.69. The maximum atomic E-state index is 6.27. The first kappa shape index (κ1) is 19.2. The summed E-state index contributed by atoms with van der Waals surface area (Å²) in [5, 5.41) is 2.61. The zero-order valence-corrected chi connectivity index (χ0v) is 16.3. The molecule has 1 fully saturated rings. The lowest BCUT2D eigenvalue weighted by atomic mass is 10.0. The van der Waals surface area contributed by atoms with Crippen molar-refractivity contribution in [3.05, 3.63) is 42.0 Å². The number of nitrogens with zero attached hydrogens (tertiary/aromatic N) is 2. The monoisotopic (exact) mass is 355 g/mol. The molecule has 2 aromatic carbocycles. The Morgan fingerprint density at radius 3 is 2.50 bits per heavy atom. The zero-order valence-electron chi connectivity index (χ0n) is 16.3. The number of piperazine rings is 1. The Labute approximate surface area is 157 Å². The molecule has 1 aliphatic heterocycles. The third-order valence-electron chi connectivity index (χ3n) is 5.43. The quantitative estimate of drug-likeness (QED) is 0.787. The average molecular weight is 356 g/mol. The standard InChI is InChI=1S/C22H33N3O/c1-3-18(2)26-22-10-9-19-7-4-5-8-20(19)21(22)17-25-15-13-24(14-16-25)12-6-11-23/h4-5,7-10,18H,3,6,11-17,23H2,1-2H3. The van der Waals surface area contributed by atoms with E-state index in [0.717, 1.165) is 64.4 Å². The summed E-state index contributed by atoms with van der Waals surface area (Å²) in [4.78, 5) is 5.09. The van der Waals surface area contributed by atoms with Crippen LogP contribution in [0.4, 0.5) is 0 Å². The first-order valence-corrected chi connectivity index (χ1v) is 10.0. The molecule has 2 N–H and O–H groups in total. The van der Waals surface area contributed by atoms with Gasteiger partial charge in [-0.15, -0.1) is 0 Å². The molecule has 0 saturated carbocycles. The summed E-state index contributed by atoms with van der Waals surface area (Å²) in [6, 6.07) is 13.0. The molecule has 2 aromatic rings. The minimum absolute atomic E-state index is 0.239. The fraction of sp³-hybridized carbons (Fsp3) is 0.545. The van der Waals surface area contributed by atoms with Crippen LogP contribution in [0.3, 0.4) is 0 Å². The summed E-state index contributed by atoms with van der Waals surface area (Å²) in [5.74, 6) is 1.05. The Kier molecular flexibility index (Phi) is 6.89. The van der Waals surface area contributed by atoms with Gasteiger partial charge in [-0.1, -0.05) is 37.3 Å². The lowest BCUT2D eigenvalue weighted by molar-refractivity contribution is 0.125. The predicted molar refractivity (Wildman–Crippen MR) is 110 cm³/mol. The van der Waals surface area contributed by atoms with E-state index in [1.165, 1.54) is 16.3 Å². The number of hydrogen-bond donors (Lipinski definition) is 1. The molecule has 1 atom stereocenters. The van der Waals surface area contributed by atoms with E-state index in [4.69, 9.17) is 10.5 Å². The maximum absolute atomic E-state index is 6.27. The first-order valence-electron chi connectivity index (χ1n) is 10.0. The summed E-state index contributed by atoms with van der Waals surface area (Å²) >= 11 is 0. The number of ether oxygens (including phenoxy) is 1. The molecular weight excluding hydrogens is 322 g/mol. The van der Waals surface area contributed by atoms with E-state index >= 15 is 0 Å². The molecule has 0 radical (unpaired) electrons. The van der Waals surface area contributed by atoms with Crippen molar-refractivity contribution in [2.75, 3.05) is 39.3 Å². The molecule has 0 bridgehead atoms. The minimum atomic E-state index is 0.239. The fourth-order valence-electron chi connectivity index (χ4n) is 3.60. The smallest absolute Gasteiger partial charge is 0.124 e.